The summed E-state index contributed by atoms with van der Waals surface area (Å²) in [7, 11) is 0. The van der Waals surface area contributed by atoms with Crippen LogP contribution in [0.5, 0.6) is 0 Å². The second kappa shape index (κ2) is 5.64. The lowest BCUT2D eigenvalue weighted by molar-refractivity contribution is 0.383. The fourth-order valence-corrected chi connectivity index (χ4v) is 1.94. The molecule has 1 aromatic heterocycles. The summed E-state index contributed by atoms with van der Waals surface area (Å²) in [5.41, 5.74) is 1.31. The van der Waals surface area contributed by atoms with Crippen molar-refractivity contribution in [3.05, 3.63) is 54.2 Å². The van der Waals surface area contributed by atoms with E-state index in [4.69, 9.17) is 4.42 Å². The summed E-state index contributed by atoms with van der Waals surface area (Å²) >= 11 is 0. The van der Waals surface area contributed by atoms with Gasteiger partial charge in [-0.1, -0.05) is 44.2 Å². The van der Waals surface area contributed by atoms with Crippen LogP contribution in [0.1, 0.15) is 31.2 Å². The summed E-state index contributed by atoms with van der Waals surface area (Å²) in [5.74, 6) is 1.40. The van der Waals surface area contributed by atoms with Crippen molar-refractivity contribution in [2.45, 2.75) is 26.4 Å². The molecule has 0 aliphatic rings. The zero-order valence-corrected chi connectivity index (χ0v) is 10.3. The van der Waals surface area contributed by atoms with E-state index in [0.717, 1.165) is 5.76 Å². The van der Waals surface area contributed by atoms with Crippen LogP contribution in [0.3, 0.4) is 0 Å². The van der Waals surface area contributed by atoms with E-state index in [1.165, 1.54) is 12.0 Å². The number of hydrogen-bond acceptors (Lipinski definition) is 3. The molecule has 1 atom stereocenters. The predicted octanol–water partition coefficient (Wildman–Crippen LogP) is 3.16. The maximum atomic E-state index is 5.23. The van der Waals surface area contributed by atoms with Crippen molar-refractivity contribution in [1.29, 1.82) is 0 Å². The van der Waals surface area contributed by atoms with Crippen molar-refractivity contribution < 1.29 is 4.42 Å². The summed E-state index contributed by atoms with van der Waals surface area (Å²) < 4.78 is 5.23. The van der Waals surface area contributed by atoms with Crippen LogP contribution in [0.4, 0.5) is 0 Å². The Kier molecular flexibility index (Phi) is 3.94. The maximum absolute atomic E-state index is 5.23. The van der Waals surface area contributed by atoms with Crippen LogP contribution in [0.2, 0.25) is 0 Å². The van der Waals surface area contributed by atoms with Gasteiger partial charge in [0.2, 0.25) is 0 Å². The number of benzene rings is 1. The minimum Gasteiger partial charge on any atom is -0.447 e. The molecule has 1 aromatic carbocycles. The van der Waals surface area contributed by atoms with Crippen LogP contribution in [0.15, 0.2) is 47.3 Å². The summed E-state index contributed by atoms with van der Waals surface area (Å²) in [6.45, 7) is 5.13. The molecule has 0 aliphatic carbocycles. The molecule has 2 rings (SSSR count). The van der Waals surface area contributed by atoms with Crippen molar-refractivity contribution in [3.63, 3.8) is 0 Å². The number of oxazole rings is 1. The molecular weight excluding hydrogens is 212 g/mol. The van der Waals surface area contributed by atoms with Gasteiger partial charge >= 0.3 is 0 Å². The number of aromatic nitrogens is 1. The van der Waals surface area contributed by atoms with E-state index in [1.54, 1.807) is 6.20 Å². The Morgan fingerprint density at radius 3 is 2.59 bits per heavy atom. The van der Waals surface area contributed by atoms with Gasteiger partial charge in [-0.2, -0.15) is 0 Å². The first-order chi connectivity index (χ1) is 8.27. The van der Waals surface area contributed by atoms with Gasteiger partial charge in [-0.3, -0.25) is 0 Å². The topological polar surface area (TPSA) is 38.1 Å². The van der Waals surface area contributed by atoms with Crippen molar-refractivity contribution in [1.82, 2.24) is 10.3 Å². The highest BCUT2D eigenvalue weighted by molar-refractivity contribution is 5.19. The Hall–Kier alpha value is -1.61. The van der Waals surface area contributed by atoms with Crippen molar-refractivity contribution >= 4 is 0 Å². The van der Waals surface area contributed by atoms with E-state index in [1.807, 2.05) is 6.07 Å². The van der Waals surface area contributed by atoms with Crippen molar-refractivity contribution in [3.8, 4) is 0 Å². The molecule has 0 saturated heterocycles. The Morgan fingerprint density at radius 1 is 1.24 bits per heavy atom. The third kappa shape index (κ3) is 3.17. The molecule has 0 amide bonds. The monoisotopic (exact) mass is 230 g/mol. The molecule has 2 aromatic rings. The lowest BCUT2D eigenvalue weighted by Crippen LogP contribution is -2.25. The second-order valence-electron chi connectivity index (χ2n) is 4.48. The van der Waals surface area contributed by atoms with Crippen molar-refractivity contribution in [2.75, 3.05) is 0 Å². The fraction of sp³-hybridized carbons (Fsp3) is 0.357. The Balaban J connectivity index is 2.03. The van der Waals surface area contributed by atoms with Gasteiger partial charge in [-0.15, -0.1) is 0 Å². The molecular formula is C14H18N2O. The average molecular weight is 230 g/mol. The Labute approximate surface area is 102 Å². The van der Waals surface area contributed by atoms with E-state index >= 15 is 0 Å². The summed E-state index contributed by atoms with van der Waals surface area (Å²) in [5, 5.41) is 3.50. The van der Waals surface area contributed by atoms with Gasteiger partial charge in [0.1, 0.15) is 5.76 Å². The van der Waals surface area contributed by atoms with Crippen LogP contribution >= 0.6 is 0 Å². The van der Waals surface area contributed by atoms with Crippen LogP contribution in [-0.4, -0.2) is 4.98 Å². The number of rotatable bonds is 5. The van der Waals surface area contributed by atoms with Crippen LogP contribution in [0.25, 0.3) is 0 Å². The zero-order valence-electron chi connectivity index (χ0n) is 10.3. The van der Waals surface area contributed by atoms with Gasteiger partial charge in [0, 0.05) is 6.04 Å². The lowest BCUT2D eigenvalue weighted by Gasteiger charge is -2.22. The largest absolute Gasteiger partial charge is 0.447 e. The molecule has 3 heteroatoms. The molecule has 90 valence electrons. The highest BCUT2D eigenvalue weighted by atomic mass is 16.3. The van der Waals surface area contributed by atoms with E-state index < -0.39 is 0 Å². The second-order valence-corrected chi connectivity index (χ2v) is 4.48. The smallest absolute Gasteiger partial charge is 0.180 e. The summed E-state index contributed by atoms with van der Waals surface area (Å²) in [6, 6.07) is 10.8. The third-order valence-electron chi connectivity index (χ3n) is 2.81. The van der Waals surface area contributed by atoms with Crippen LogP contribution < -0.4 is 5.32 Å². The van der Waals surface area contributed by atoms with E-state index in [-0.39, 0.29) is 0 Å². The molecule has 0 radical (unpaired) electrons. The van der Waals surface area contributed by atoms with Gasteiger partial charge < -0.3 is 9.73 Å². The zero-order chi connectivity index (χ0) is 12.1. The molecule has 1 heterocycles. The fourth-order valence-electron chi connectivity index (χ4n) is 1.94. The minimum atomic E-state index is 0.335. The molecule has 17 heavy (non-hydrogen) atoms. The molecule has 0 spiro atoms. The molecule has 0 bridgehead atoms. The molecule has 3 nitrogen and oxygen atoms in total. The van der Waals surface area contributed by atoms with Crippen LogP contribution in [-0.2, 0) is 6.54 Å². The number of nitrogens with zero attached hydrogens (tertiary/aromatic N) is 1. The molecule has 0 aliphatic heterocycles. The van der Waals surface area contributed by atoms with E-state index in [9.17, 15) is 0 Å². The highest BCUT2D eigenvalue weighted by Gasteiger charge is 2.15. The van der Waals surface area contributed by atoms with Gasteiger partial charge in [0.15, 0.2) is 6.39 Å². The predicted molar refractivity (Wildman–Crippen MR) is 67.4 cm³/mol. The van der Waals surface area contributed by atoms with Gasteiger partial charge in [0.05, 0.1) is 12.7 Å². The van der Waals surface area contributed by atoms with Crippen LogP contribution in [0, 0.1) is 5.92 Å². The minimum absolute atomic E-state index is 0.335. The van der Waals surface area contributed by atoms with Gasteiger partial charge in [-0.25, -0.2) is 4.98 Å². The number of hydrogen-bond donors (Lipinski definition) is 1. The maximum Gasteiger partial charge on any atom is 0.180 e. The lowest BCUT2D eigenvalue weighted by atomic mass is 9.96. The molecule has 0 saturated carbocycles. The standard InChI is InChI=1S/C14H18N2O/c1-11(2)14(12-6-4-3-5-7-12)16-9-13-8-15-10-17-13/h3-8,10-11,14,16H,9H2,1-2H3. The Morgan fingerprint density at radius 2 is 2.00 bits per heavy atom. The number of nitrogens with one attached hydrogen (secondary N) is 1. The molecule has 1 unspecified atom stereocenters. The first kappa shape index (κ1) is 11.9. The molecule has 0 fully saturated rings. The first-order valence-electron chi connectivity index (χ1n) is 5.93. The third-order valence-corrected chi connectivity index (χ3v) is 2.81. The Bertz CT molecular complexity index is 423. The average Bonchev–Trinajstić information content (AvgIpc) is 2.83. The normalized spacial score (nSPS) is 12.9. The SMILES string of the molecule is CC(C)C(NCc1cnco1)c1ccccc1. The van der Waals surface area contributed by atoms with E-state index in [2.05, 4.69) is 48.4 Å². The molecule has 1 N–H and O–H groups in total. The first-order valence-corrected chi connectivity index (χ1v) is 5.93. The quantitative estimate of drug-likeness (QED) is 0.857. The van der Waals surface area contributed by atoms with Gasteiger partial charge in [0.25, 0.3) is 0 Å². The summed E-state index contributed by atoms with van der Waals surface area (Å²) in [4.78, 5) is 3.91. The highest BCUT2D eigenvalue weighted by Crippen LogP contribution is 2.21. The summed E-state index contributed by atoms with van der Waals surface area (Å²) in [6.07, 6.45) is 3.21. The van der Waals surface area contributed by atoms with E-state index in [0.29, 0.717) is 18.5 Å². The van der Waals surface area contributed by atoms with Crippen molar-refractivity contribution in [2.24, 2.45) is 5.92 Å². The van der Waals surface area contributed by atoms with Gasteiger partial charge in [-0.05, 0) is 11.5 Å².